The second-order valence-corrected chi connectivity index (χ2v) is 11.0. The van der Waals surface area contributed by atoms with Gasteiger partial charge in [0.05, 0.1) is 11.2 Å². The van der Waals surface area contributed by atoms with Gasteiger partial charge in [0.15, 0.2) is 0 Å². The van der Waals surface area contributed by atoms with Crippen molar-refractivity contribution in [1.29, 1.82) is 0 Å². The molecular formula is C25H33FN6O5. The molecule has 3 amide bonds. The van der Waals surface area contributed by atoms with Crippen LogP contribution < -0.4 is 15.9 Å². The number of fused-ring (bicyclic) bond motifs is 1. The molecule has 4 heterocycles. The maximum atomic E-state index is 15.1. The first-order valence-electron chi connectivity index (χ1n) is 12.6. The predicted molar refractivity (Wildman–Crippen MR) is 134 cm³/mol. The second kappa shape index (κ2) is 9.16. The number of carbonyl (C=O) groups is 3. The van der Waals surface area contributed by atoms with Crippen LogP contribution in [0.3, 0.4) is 0 Å². The third-order valence-corrected chi connectivity index (χ3v) is 7.36. The molecule has 0 radical (unpaired) electrons. The highest BCUT2D eigenvalue weighted by Gasteiger charge is 2.39. The van der Waals surface area contributed by atoms with Crippen molar-refractivity contribution in [2.45, 2.75) is 51.3 Å². The first-order valence-corrected chi connectivity index (χ1v) is 12.6. The van der Waals surface area contributed by atoms with E-state index in [4.69, 9.17) is 4.74 Å². The minimum atomic E-state index is -0.943. The number of imidazole rings is 1. The number of nitrogens with zero attached hydrogens (tertiary/aromatic N) is 5. The number of aryl methyl sites for hydroxylation is 1. The summed E-state index contributed by atoms with van der Waals surface area (Å²) in [4.78, 5) is 55.7. The van der Waals surface area contributed by atoms with E-state index in [-0.39, 0.29) is 30.5 Å². The minimum Gasteiger partial charge on any atom is -0.444 e. The lowest BCUT2D eigenvalue weighted by Gasteiger charge is -2.48. The van der Waals surface area contributed by atoms with Gasteiger partial charge in [-0.15, -0.1) is 0 Å². The zero-order valence-electron chi connectivity index (χ0n) is 21.6. The number of carbonyl (C=O) groups excluding carboxylic acids is 3. The number of piperazine rings is 1. The maximum Gasteiger partial charge on any atom is 0.410 e. The predicted octanol–water partition coefficient (Wildman–Crippen LogP) is 1.20. The molecule has 3 saturated heterocycles. The standard InChI is InChI=1S/C25H33FN6O5/c1-25(2,3)37-24(36)31-13-15(14-31)29-9-11-30(12-10-29)17-6-5-16(26)20-21(17)28(4)23(35)32(20)18-7-8-19(33)27-22(18)34/h5-6,15,18H,7-14H2,1-4H3,(H,27,33,34). The molecule has 0 saturated carbocycles. The summed E-state index contributed by atoms with van der Waals surface area (Å²) in [5, 5.41) is 2.26. The van der Waals surface area contributed by atoms with Gasteiger partial charge in [0, 0.05) is 58.8 Å². The highest BCUT2D eigenvalue weighted by atomic mass is 19.1. The fourth-order valence-electron chi connectivity index (χ4n) is 5.42. The van der Waals surface area contributed by atoms with E-state index in [1.807, 2.05) is 20.8 Å². The monoisotopic (exact) mass is 516 g/mol. The SMILES string of the molecule is Cn1c(=O)n(C2CCC(=O)NC2=O)c2c(F)ccc(N3CCN(C4CN(C(=O)OC(C)(C)C)C4)CC3)c21. The summed E-state index contributed by atoms with van der Waals surface area (Å²) < 4.78 is 23.1. The van der Waals surface area contributed by atoms with Crippen molar-refractivity contribution < 1.29 is 23.5 Å². The molecule has 200 valence electrons. The van der Waals surface area contributed by atoms with E-state index in [2.05, 4.69) is 15.1 Å². The van der Waals surface area contributed by atoms with E-state index < -0.39 is 35.0 Å². The van der Waals surface area contributed by atoms with E-state index in [0.29, 0.717) is 31.7 Å². The maximum absolute atomic E-state index is 15.1. The normalized spacial score (nSPS) is 21.8. The van der Waals surface area contributed by atoms with Gasteiger partial charge in [0.2, 0.25) is 11.8 Å². The van der Waals surface area contributed by atoms with Crippen molar-refractivity contribution in [2.75, 3.05) is 44.2 Å². The zero-order chi connectivity index (χ0) is 26.6. The van der Waals surface area contributed by atoms with E-state index in [1.165, 1.54) is 15.2 Å². The van der Waals surface area contributed by atoms with Gasteiger partial charge in [-0.2, -0.15) is 0 Å². The molecule has 1 aromatic carbocycles. The lowest BCUT2D eigenvalue weighted by Crippen LogP contribution is -2.64. The molecule has 3 aliphatic heterocycles. The van der Waals surface area contributed by atoms with Gasteiger partial charge in [0.1, 0.15) is 23.0 Å². The number of halogens is 1. The summed E-state index contributed by atoms with van der Waals surface area (Å²) >= 11 is 0. The highest BCUT2D eigenvalue weighted by molar-refractivity contribution is 6.00. The van der Waals surface area contributed by atoms with Crippen LogP contribution in [0.15, 0.2) is 16.9 Å². The van der Waals surface area contributed by atoms with Crippen LogP contribution in [0.4, 0.5) is 14.9 Å². The van der Waals surface area contributed by atoms with E-state index >= 15 is 4.39 Å². The second-order valence-electron chi connectivity index (χ2n) is 11.0. The topological polar surface area (TPSA) is 109 Å². The molecule has 1 atom stereocenters. The van der Waals surface area contributed by atoms with Gasteiger partial charge in [-0.3, -0.25) is 28.9 Å². The Morgan fingerprint density at radius 1 is 1.05 bits per heavy atom. The summed E-state index contributed by atoms with van der Waals surface area (Å²) in [6, 6.07) is 2.33. The van der Waals surface area contributed by atoms with Crippen molar-refractivity contribution in [2.24, 2.45) is 7.05 Å². The molecule has 0 spiro atoms. The summed E-state index contributed by atoms with van der Waals surface area (Å²) in [5.41, 5.74) is 0.222. The van der Waals surface area contributed by atoms with Crippen molar-refractivity contribution in [3.05, 3.63) is 28.4 Å². The van der Waals surface area contributed by atoms with Gasteiger partial charge < -0.3 is 14.5 Å². The van der Waals surface area contributed by atoms with Gasteiger partial charge in [-0.1, -0.05) is 0 Å². The summed E-state index contributed by atoms with van der Waals surface area (Å²) in [7, 11) is 1.58. The molecule has 0 bridgehead atoms. The van der Waals surface area contributed by atoms with Gasteiger partial charge >= 0.3 is 11.8 Å². The molecule has 1 aromatic heterocycles. The number of aromatic nitrogens is 2. The molecule has 3 fully saturated rings. The number of hydrogen-bond acceptors (Lipinski definition) is 7. The van der Waals surface area contributed by atoms with Crippen molar-refractivity contribution >= 4 is 34.6 Å². The Morgan fingerprint density at radius 2 is 1.73 bits per heavy atom. The largest absolute Gasteiger partial charge is 0.444 e. The summed E-state index contributed by atoms with van der Waals surface area (Å²) in [6.07, 6.45) is -0.0551. The summed E-state index contributed by atoms with van der Waals surface area (Å²) in [6.45, 7) is 9.65. The Balaban J connectivity index is 1.32. The number of nitrogens with one attached hydrogen (secondary N) is 1. The number of anilines is 1. The molecule has 5 rings (SSSR count). The summed E-state index contributed by atoms with van der Waals surface area (Å²) in [5.74, 6) is -1.57. The van der Waals surface area contributed by atoms with Crippen molar-refractivity contribution in [3.63, 3.8) is 0 Å². The van der Waals surface area contributed by atoms with Crippen LogP contribution in [0.1, 0.15) is 39.7 Å². The molecule has 1 N–H and O–H groups in total. The third-order valence-electron chi connectivity index (χ3n) is 7.36. The molecule has 11 nitrogen and oxygen atoms in total. The van der Waals surface area contributed by atoms with Crippen LogP contribution in [0.2, 0.25) is 0 Å². The number of likely N-dealkylation sites (tertiary alicyclic amines) is 1. The van der Waals surface area contributed by atoms with E-state index in [1.54, 1.807) is 18.0 Å². The lowest BCUT2D eigenvalue weighted by molar-refractivity contribution is -0.135. The molecule has 0 aliphatic carbocycles. The zero-order valence-corrected chi connectivity index (χ0v) is 21.6. The molecular weight excluding hydrogens is 483 g/mol. The van der Waals surface area contributed by atoms with E-state index in [9.17, 15) is 19.2 Å². The Labute approximate surface area is 213 Å². The number of piperidine rings is 1. The minimum absolute atomic E-state index is 0.0777. The quantitative estimate of drug-likeness (QED) is 0.611. The number of imide groups is 1. The average Bonchev–Trinajstić information content (AvgIpc) is 3.04. The van der Waals surface area contributed by atoms with Crippen molar-refractivity contribution in [1.82, 2.24) is 24.3 Å². The fraction of sp³-hybridized carbons (Fsp3) is 0.600. The van der Waals surface area contributed by atoms with Gasteiger partial charge in [0.25, 0.3) is 0 Å². The average molecular weight is 517 g/mol. The molecule has 37 heavy (non-hydrogen) atoms. The smallest absolute Gasteiger partial charge is 0.410 e. The van der Waals surface area contributed by atoms with Crippen LogP contribution in [-0.4, -0.2) is 87.8 Å². The number of ether oxygens (including phenoxy) is 1. The van der Waals surface area contributed by atoms with Crippen LogP contribution in [0, 0.1) is 5.82 Å². The van der Waals surface area contributed by atoms with Crippen LogP contribution in [-0.2, 0) is 21.4 Å². The molecule has 3 aliphatic rings. The third kappa shape index (κ3) is 4.58. The lowest BCUT2D eigenvalue weighted by atomic mass is 10.1. The number of hydrogen-bond donors (Lipinski definition) is 1. The number of rotatable bonds is 3. The Morgan fingerprint density at radius 3 is 2.35 bits per heavy atom. The van der Waals surface area contributed by atoms with E-state index in [0.717, 1.165) is 18.8 Å². The highest BCUT2D eigenvalue weighted by Crippen LogP contribution is 2.32. The van der Waals surface area contributed by atoms with Gasteiger partial charge in [-0.25, -0.2) is 14.0 Å². The molecule has 12 heteroatoms. The molecule has 2 aromatic rings. The van der Waals surface area contributed by atoms with Crippen LogP contribution in [0.25, 0.3) is 11.0 Å². The Bertz CT molecular complexity index is 1310. The first-order chi connectivity index (χ1) is 17.4. The van der Waals surface area contributed by atoms with Crippen molar-refractivity contribution in [3.8, 4) is 0 Å². The van der Waals surface area contributed by atoms with Gasteiger partial charge in [-0.05, 0) is 39.3 Å². The number of benzene rings is 1. The van der Waals surface area contributed by atoms with Crippen LogP contribution >= 0.6 is 0 Å². The molecule has 1 unspecified atom stereocenters. The number of amides is 3. The Hall–Kier alpha value is -3.41. The first kappa shape index (κ1) is 25.2. The fourth-order valence-corrected chi connectivity index (χ4v) is 5.42. The Kier molecular flexibility index (Phi) is 6.25. The van der Waals surface area contributed by atoms with Crippen LogP contribution in [0.5, 0.6) is 0 Å².